The minimum Gasteiger partial charge on any atom is -0.503 e. The minimum absolute atomic E-state index is 0.00948. The first-order valence-corrected chi connectivity index (χ1v) is 10.2. The normalized spacial score (nSPS) is 20.1. The molecule has 8 heteroatoms. The molecule has 2 aliphatic rings. The molecular formula is C21H20Cl2N2O4. The number of Topliss-reactive ketones (excluding diaryl/α,β-unsaturated/α-hetero) is 1. The van der Waals surface area contributed by atoms with Crippen molar-refractivity contribution >= 4 is 34.9 Å². The molecule has 1 aromatic heterocycles. The van der Waals surface area contributed by atoms with E-state index in [-0.39, 0.29) is 11.3 Å². The van der Waals surface area contributed by atoms with Crippen molar-refractivity contribution in [2.45, 2.75) is 18.9 Å². The third-order valence-electron chi connectivity index (χ3n) is 5.41. The average Bonchev–Trinajstić information content (AvgIpc) is 3.45. The summed E-state index contributed by atoms with van der Waals surface area (Å²) in [4.78, 5) is 29.7. The molecule has 1 fully saturated rings. The highest BCUT2D eigenvalue weighted by molar-refractivity contribution is 6.42. The summed E-state index contributed by atoms with van der Waals surface area (Å²) < 4.78 is 5.21. The van der Waals surface area contributed by atoms with Crippen LogP contribution in [0, 0.1) is 0 Å². The molecule has 3 heterocycles. The Morgan fingerprint density at radius 1 is 1.14 bits per heavy atom. The Kier molecular flexibility index (Phi) is 5.67. The van der Waals surface area contributed by atoms with Gasteiger partial charge in [0.25, 0.3) is 5.91 Å². The Balaban J connectivity index is 1.71. The quantitative estimate of drug-likeness (QED) is 0.687. The fourth-order valence-corrected chi connectivity index (χ4v) is 4.25. The molecule has 0 saturated carbocycles. The number of aliphatic hydroxyl groups excluding tert-OH is 1. The highest BCUT2D eigenvalue weighted by atomic mass is 35.5. The highest BCUT2D eigenvalue weighted by Gasteiger charge is 2.44. The van der Waals surface area contributed by atoms with E-state index in [1.165, 1.54) is 17.2 Å². The predicted octanol–water partition coefficient (Wildman–Crippen LogP) is 4.26. The number of amides is 1. The van der Waals surface area contributed by atoms with Gasteiger partial charge in [-0.2, -0.15) is 0 Å². The number of aliphatic hydroxyl groups is 1. The second-order valence-electron chi connectivity index (χ2n) is 7.19. The zero-order valence-electron chi connectivity index (χ0n) is 15.6. The first-order valence-electron chi connectivity index (χ1n) is 9.47. The van der Waals surface area contributed by atoms with Gasteiger partial charge in [0.05, 0.1) is 27.9 Å². The largest absolute Gasteiger partial charge is 0.503 e. The maximum Gasteiger partial charge on any atom is 0.290 e. The number of carbonyl (C=O) groups is 2. The molecule has 1 aromatic carbocycles. The smallest absolute Gasteiger partial charge is 0.290 e. The summed E-state index contributed by atoms with van der Waals surface area (Å²) in [6.45, 7) is 3.01. The maximum atomic E-state index is 13.0. The van der Waals surface area contributed by atoms with Crippen LogP contribution in [-0.2, 0) is 4.79 Å². The van der Waals surface area contributed by atoms with Crippen LogP contribution in [0.5, 0.6) is 0 Å². The SMILES string of the molecule is O=C(C1=C(O)C(=O)N(CCN2CCCC2)C1c1ccc(Cl)c(Cl)c1)c1ccco1. The van der Waals surface area contributed by atoms with E-state index in [0.29, 0.717) is 28.7 Å². The van der Waals surface area contributed by atoms with E-state index in [1.54, 1.807) is 24.3 Å². The van der Waals surface area contributed by atoms with Crippen LogP contribution >= 0.6 is 23.2 Å². The van der Waals surface area contributed by atoms with Crippen molar-refractivity contribution < 1.29 is 19.1 Å². The Labute approximate surface area is 178 Å². The molecule has 152 valence electrons. The van der Waals surface area contributed by atoms with Gasteiger partial charge in [0, 0.05) is 13.1 Å². The van der Waals surface area contributed by atoms with Crippen molar-refractivity contribution in [3.8, 4) is 0 Å². The number of rotatable bonds is 6. The molecule has 2 aliphatic heterocycles. The van der Waals surface area contributed by atoms with Crippen LogP contribution in [0.4, 0.5) is 0 Å². The molecule has 0 spiro atoms. The van der Waals surface area contributed by atoms with Gasteiger partial charge in [0.1, 0.15) is 0 Å². The first-order chi connectivity index (χ1) is 14.0. The van der Waals surface area contributed by atoms with Crippen LogP contribution in [0.2, 0.25) is 10.0 Å². The monoisotopic (exact) mass is 434 g/mol. The number of furan rings is 1. The van der Waals surface area contributed by atoms with E-state index in [0.717, 1.165) is 25.9 Å². The number of hydrogen-bond acceptors (Lipinski definition) is 5. The molecule has 1 amide bonds. The zero-order chi connectivity index (χ0) is 20.5. The van der Waals surface area contributed by atoms with Crippen LogP contribution in [0.1, 0.15) is 35.0 Å². The van der Waals surface area contributed by atoms with E-state index in [4.69, 9.17) is 27.6 Å². The molecule has 1 N–H and O–H groups in total. The van der Waals surface area contributed by atoms with E-state index in [2.05, 4.69) is 4.90 Å². The van der Waals surface area contributed by atoms with Crippen LogP contribution in [0.25, 0.3) is 0 Å². The van der Waals surface area contributed by atoms with Gasteiger partial charge in [-0.1, -0.05) is 29.3 Å². The van der Waals surface area contributed by atoms with Crippen LogP contribution in [0.15, 0.2) is 52.3 Å². The van der Waals surface area contributed by atoms with E-state index in [1.807, 2.05) is 0 Å². The molecule has 2 aromatic rings. The minimum atomic E-state index is -0.766. The Morgan fingerprint density at radius 3 is 2.55 bits per heavy atom. The number of ketones is 1. The van der Waals surface area contributed by atoms with Gasteiger partial charge in [-0.15, -0.1) is 0 Å². The van der Waals surface area contributed by atoms with Gasteiger partial charge in [-0.3, -0.25) is 9.59 Å². The summed E-state index contributed by atoms with van der Waals surface area (Å²) >= 11 is 12.2. The lowest BCUT2D eigenvalue weighted by Crippen LogP contribution is -2.37. The van der Waals surface area contributed by atoms with Gasteiger partial charge in [-0.25, -0.2) is 0 Å². The Bertz CT molecular complexity index is 965. The summed E-state index contributed by atoms with van der Waals surface area (Å²) in [6, 6.07) is 7.28. The van der Waals surface area contributed by atoms with Crippen LogP contribution < -0.4 is 0 Å². The average molecular weight is 435 g/mol. The van der Waals surface area contributed by atoms with Crippen molar-refractivity contribution in [3.05, 3.63) is 69.3 Å². The molecule has 1 unspecified atom stereocenters. The molecule has 1 saturated heterocycles. The van der Waals surface area contributed by atoms with Gasteiger partial charge in [0.2, 0.25) is 5.78 Å². The number of halogens is 2. The van der Waals surface area contributed by atoms with E-state index in [9.17, 15) is 14.7 Å². The van der Waals surface area contributed by atoms with Gasteiger partial charge in [-0.05, 0) is 55.8 Å². The van der Waals surface area contributed by atoms with Gasteiger partial charge in [0.15, 0.2) is 11.5 Å². The van der Waals surface area contributed by atoms with Crippen LogP contribution in [-0.4, -0.2) is 52.8 Å². The maximum absolute atomic E-state index is 13.0. The molecular weight excluding hydrogens is 415 g/mol. The summed E-state index contributed by atoms with van der Waals surface area (Å²) in [6.07, 6.45) is 3.65. The van der Waals surface area contributed by atoms with E-state index >= 15 is 0 Å². The van der Waals surface area contributed by atoms with E-state index < -0.39 is 23.5 Å². The first kappa shape index (κ1) is 20.0. The molecule has 0 bridgehead atoms. The molecule has 6 nitrogen and oxygen atoms in total. The Morgan fingerprint density at radius 2 is 1.90 bits per heavy atom. The predicted molar refractivity (Wildman–Crippen MR) is 109 cm³/mol. The molecule has 29 heavy (non-hydrogen) atoms. The molecule has 4 rings (SSSR count). The third-order valence-corrected chi connectivity index (χ3v) is 6.15. The highest BCUT2D eigenvalue weighted by Crippen LogP contribution is 2.40. The van der Waals surface area contributed by atoms with Crippen molar-refractivity contribution in [1.29, 1.82) is 0 Å². The zero-order valence-corrected chi connectivity index (χ0v) is 17.1. The number of nitrogens with zero attached hydrogens (tertiary/aromatic N) is 2. The standard InChI is InChI=1S/C21H20Cl2N2O4/c22-14-6-5-13(12-15(14)23)18-17(19(26)16-4-3-11-29-16)20(27)21(28)25(18)10-9-24-7-1-2-8-24/h3-6,11-12,18,27H,1-2,7-10H2. The molecule has 0 radical (unpaired) electrons. The van der Waals surface area contributed by atoms with Gasteiger partial charge < -0.3 is 19.3 Å². The summed E-state index contributed by atoms with van der Waals surface area (Å²) in [5, 5.41) is 11.3. The lowest BCUT2D eigenvalue weighted by molar-refractivity contribution is -0.129. The number of carbonyl (C=O) groups excluding carboxylic acids is 2. The number of likely N-dealkylation sites (tertiary alicyclic amines) is 1. The lowest BCUT2D eigenvalue weighted by atomic mass is 9.95. The second kappa shape index (κ2) is 8.22. The summed E-state index contributed by atoms with van der Waals surface area (Å²) in [5.74, 6) is -1.59. The van der Waals surface area contributed by atoms with Crippen molar-refractivity contribution in [2.75, 3.05) is 26.2 Å². The topological polar surface area (TPSA) is 74.0 Å². The molecule has 0 aliphatic carbocycles. The van der Waals surface area contributed by atoms with Crippen LogP contribution in [0.3, 0.4) is 0 Å². The fourth-order valence-electron chi connectivity index (χ4n) is 3.94. The third kappa shape index (κ3) is 3.80. The summed E-state index contributed by atoms with van der Waals surface area (Å²) in [5.41, 5.74) is 0.595. The van der Waals surface area contributed by atoms with Crippen molar-refractivity contribution in [1.82, 2.24) is 9.80 Å². The van der Waals surface area contributed by atoms with Crippen molar-refractivity contribution in [3.63, 3.8) is 0 Å². The van der Waals surface area contributed by atoms with Gasteiger partial charge >= 0.3 is 0 Å². The lowest BCUT2D eigenvalue weighted by Gasteiger charge is -2.28. The van der Waals surface area contributed by atoms with Crippen molar-refractivity contribution in [2.24, 2.45) is 0 Å². The Hall–Kier alpha value is -2.28. The number of hydrogen-bond donors (Lipinski definition) is 1. The second-order valence-corrected chi connectivity index (χ2v) is 8.01. The number of benzene rings is 1. The molecule has 1 atom stereocenters. The fraction of sp³-hybridized carbons (Fsp3) is 0.333. The summed E-state index contributed by atoms with van der Waals surface area (Å²) in [7, 11) is 0.